The van der Waals surface area contributed by atoms with Crippen LogP contribution in [-0.4, -0.2) is 30.2 Å². The largest absolute Gasteiger partial charge is 0.481 e. The zero-order valence-corrected chi connectivity index (χ0v) is 12.5. The molecule has 0 aromatic heterocycles. The van der Waals surface area contributed by atoms with E-state index in [9.17, 15) is 19.1 Å². The summed E-state index contributed by atoms with van der Waals surface area (Å²) >= 11 is 0. The first-order valence-corrected chi connectivity index (χ1v) is 6.89. The minimum atomic E-state index is -1.04. The molecule has 6 heteroatoms. The van der Waals surface area contributed by atoms with Crippen molar-refractivity contribution in [1.29, 1.82) is 0 Å². The van der Waals surface area contributed by atoms with Crippen LogP contribution in [0.5, 0.6) is 0 Å². The summed E-state index contributed by atoms with van der Waals surface area (Å²) in [6.45, 7) is 5.30. The van der Waals surface area contributed by atoms with Crippen molar-refractivity contribution in [3.63, 3.8) is 0 Å². The molecule has 0 aliphatic heterocycles. The maximum atomic E-state index is 13.7. The van der Waals surface area contributed by atoms with E-state index < -0.39 is 23.2 Å². The third-order valence-electron chi connectivity index (χ3n) is 3.63. The smallest absolute Gasteiger partial charge is 0.321 e. The van der Waals surface area contributed by atoms with Crippen LogP contribution in [0.15, 0.2) is 24.3 Å². The molecule has 0 saturated heterocycles. The highest BCUT2D eigenvalue weighted by molar-refractivity contribution is 5.92. The number of hydrogen-bond acceptors (Lipinski definition) is 2. The number of nitrogens with zero attached hydrogens (tertiary/aromatic N) is 1. The fourth-order valence-electron chi connectivity index (χ4n) is 1.81. The Morgan fingerprint density at radius 2 is 1.95 bits per heavy atom. The lowest BCUT2D eigenvalue weighted by Gasteiger charge is -2.27. The predicted octanol–water partition coefficient (Wildman–Crippen LogP) is 2.86. The quantitative estimate of drug-likeness (QED) is 0.848. The number of carbonyl (C=O) groups is 2. The van der Waals surface area contributed by atoms with Crippen molar-refractivity contribution in [2.24, 2.45) is 5.41 Å². The van der Waals surface area contributed by atoms with Crippen LogP contribution in [-0.2, 0) is 4.79 Å². The molecule has 0 bridgehead atoms. The van der Waals surface area contributed by atoms with Crippen LogP contribution in [0, 0.1) is 11.2 Å². The standard InChI is InChI=1S/C15H21FN2O3/c1-4-15(3,13(19)20)10-17-14(21)18(5-2)12-9-7-6-8-11(12)16/h6-9H,4-5,10H2,1-3H3,(H,17,21)(H,19,20). The van der Waals surface area contributed by atoms with E-state index in [0.717, 1.165) is 0 Å². The number of carbonyl (C=O) groups excluding carboxylic acids is 1. The van der Waals surface area contributed by atoms with Crippen molar-refractivity contribution in [3.05, 3.63) is 30.1 Å². The van der Waals surface area contributed by atoms with Gasteiger partial charge < -0.3 is 10.4 Å². The monoisotopic (exact) mass is 296 g/mol. The average molecular weight is 296 g/mol. The van der Waals surface area contributed by atoms with Crippen LogP contribution in [0.25, 0.3) is 0 Å². The summed E-state index contributed by atoms with van der Waals surface area (Å²) in [5.74, 6) is -1.47. The van der Waals surface area contributed by atoms with Gasteiger partial charge in [-0.2, -0.15) is 0 Å². The van der Waals surface area contributed by atoms with Gasteiger partial charge in [-0.25, -0.2) is 9.18 Å². The van der Waals surface area contributed by atoms with Crippen molar-refractivity contribution in [2.75, 3.05) is 18.0 Å². The summed E-state index contributed by atoms with van der Waals surface area (Å²) in [7, 11) is 0. The second kappa shape index (κ2) is 7.06. The summed E-state index contributed by atoms with van der Waals surface area (Å²) in [6, 6.07) is 5.46. The second-order valence-electron chi connectivity index (χ2n) is 5.07. The van der Waals surface area contributed by atoms with E-state index in [2.05, 4.69) is 5.32 Å². The number of aliphatic carboxylic acids is 1. The Morgan fingerprint density at radius 1 is 1.33 bits per heavy atom. The number of halogens is 1. The van der Waals surface area contributed by atoms with Crippen LogP contribution in [0.3, 0.4) is 0 Å². The lowest BCUT2D eigenvalue weighted by molar-refractivity contribution is -0.147. The minimum absolute atomic E-state index is 0.0113. The Kier molecular flexibility index (Phi) is 5.69. The Balaban J connectivity index is 2.82. The van der Waals surface area contributed by atoms with E-state index in [0.29, 0.717) is 6.42 Å². The first-order valence-electron chi connectivity index (χ1n) is 6.89. The normalized spacial score (nSPS) is 13.3. The van der Waals surface area contributed by atoms with Gasteiger partial charge in [-0.15, -0.1) is 0 Å². The van der Waals surface area contributed by atoms with E-state index >= 15 is 0 Å². The van der Waals surface area contributed by atoms with Crippen molar-refractivity contribution in [1.82, 2.24) is 5.32 Å². The fourth-order valence-corrected chi connectivity index (χ4v) is 1.81. The summed E-state index contributed by atoms with van der Waals surface area (Å²) in [5, 5.41) is 11.7. The number of para-hydroxylation sites is 1. The van der Waals surface area contributed by atoms with Crippen LogP contribution in [0.4, 0.5) is 14.9 Å². The average Bonchev–Trinajstić information content (AvgIpc) is 2.47. The molecule has 0 radical (unpaired) electrons. The van der Waals surface area contributed by atoms with Crippen LogP contribution < -0.4 is 10.2 Å². The van der Waals surface area contributed by atoms with Gasteiger partial charge in [0.1, 0.15) is 5.82 Å². The molecule has 1 rings (SSSR count). The Hall–Kier alpha value is -2.11. The summed E-state index contributed by atoms with van der Waals surface area (Å²) in [4.78, 5) is 24.6. The molecule has 0 saturated carbocycles. The van der Waals surface area contributed by atoms with Gasteiger partial charge in [-0.3, -0.25) is 9.69 Å². The summed E-state index contributed by atoms with van der Waals surface area (Å²) < 4.78 is 13.7. The highest BCUT2D eigenvalue weighted by Gasteiger charge is 2.32. The van der Waals surface area contributed by atoms with Crippen molar-refractivity contribution >= 4 is 17.7 Å². The molecule has 0 spiro atoms. The van der Waals surface area contributed by atoms with E-state index in [1.165, 1.54) is 17.0 Å². The third-order valence-corrected chi connectivity index (χ3v) is 3.63. The van der Waals surface area contributed by atoms with Gasteiger partial charge >= 0.3 is 12.0 Å². The number of rotatable bonds is 6. The fraction of sp³-hybridized carbons (Fsp3) is 0.467. The van der Waals surface area contributed by atoms with Gasteiger partial charge in [0.25, 0.3) is 0 Å². The Labute approximate surface area is 123 Å². The van der Waals surface area contributed by atoms with E-state index in [1.807, 2.05) is 0 Å². The van der Waals surface area contributed by atoms with Crippen molar-refractivity contribution in [2.45, 2.75) is 27.2 Å². The SMILES string of the molecule is CCN(C(=O)NCC(C)(CC)C(=O)O)c1ccccc1F. The molecular weight excluding hydrogens is 275 g/mol. The lowest BCUT2D eigenvalue weighted by atomic mass is 9.88. The number of urea groups is 1. The molecule has 21 heavy (non-hydrogen) atoms. The molecule has 5 nitrogen and oxygen atoms in total. The first-order chi connectivity index (χ1) is 9.85. The number of carboxylic acids is 1. The zero-order chi connectivity index (χ0) is 16.0. The van der Waals surface area contributed by atoms with Crippen molar-refractivity contribution in [3.8, 4) is 0 Å². The van der Waals surface area contributed by atoms with Gasteiger partial charge in [0, 0.05) is 13.1 Å². The maximum Gasteiger partial charge on any atom is 0.321 e. The molecule has 0 aliphatic rings. The number of carboxylic acid groups (broad SMARTS) is 1. The van der Waals surface area contributed by atoms with Gasteiger partial charge in [0.2, 0.25) is 0 Å². The number of nitrogens with one attached hydrogen (secondary N) is 1. The van der Waals surface area contributed by atoms with Gasteiger partial charge in [-0.1, -0.05) is 19.1 Å². The van der Waals surface area contributed by atoms with E-state index in [1.54, 1.807) is 32.9 Å². The molecule has 2 amide bonds. The van der Waals surface area contributed by atoms with E-state index in [-0.39, 0.29) is 18.8 Å². The molecule has 2 N–H and O–H groups in total. The Morgan fingerprint density at radius 3 is 2.43 bits per heavy atom. The van der Waals surface area contributed by atoms with Gasteiger partial charge in [0.05, 0.1) is 11.1 Å². The number of benzene rings is 1. The molecule has 116 valence electrons. The molecule has 1 unspecified atom stereocenters. The van der Waals surface area contributed by atoms with Gasteiger partial charge in [-0.05, 0) is 32.4 Å². The number of hydrogen-bond donors (Lipinski definition) is 2. The summed E-state index contributed by atoms with van der Waals surface area (Å²) in [5.41, 5.74) is -0.865. The zero-order valence-electron chi connectivity index (χ0n) is 12.5. The van der Waals surface area contributed by atoms with Crippen LogP contribution >= 0.6 is 0 Å². The highest BCUT2D eigenvalue weighted by Crippen LogP contribution is 2.21. The molecule has 0 aliphatic carbocycles. The van der Waals surface area contributed by atoms with Crippen molar-refractivity contribution < 1.29 is 19.1 Å². The maximum absolute atomic E-state index is 13.7. The predicted molar refractivity (Wildman–Crippen MR) is 78.9 cm³/mol. The molecule has 1 atom stereocenters. The molecule has 1 aromatic rings. The molecule has 0 fully saturated rings. The summed E-state index contributed by atoms with van der Waals surface area (Å²) in [6.07, 6.45) is 0.383. The van der Waals surface area contributed by atoms with Gasteiger partial charge in [0.15, 0.2) is 0 Å². The topological polar surface area (TPSA) is 69.6 Å². The third kappa shape index (κ3) is 3.93. The molecule has 1 aromatic carbocycles. The van der Waals surface area contributed by atoms with Crippen LogP contribution in [0.2, 0.25) is 0 Å². The number of anilines is 1. The second-order valence-corrected chi connectivity index (χ2v) is 5.07. The van der Waals surface area contributed by atoms with Crippen LogP contribution in [0.1, 0.15) is 27.2 Å². The molecule has 0 heterocycles. The molecular formula is C15H21FN2O3. The van der Waals surface area contributed by atoms with E-state index in [4.69, 9.17) is 0 Å². The number of amides is 2. The minimum Gasteiger partial charge on any atom is -0.481 e. The Bertz CT molecular complexity index is 521. The first kappa shape index (κ1) is 16.9. The highest BCUT2D eigenvalue weighted by atomic mass is 19.1. The lowest BCUT2D eigenvalue weighted by Crippen LogP contribution is -2.46.